The number of benzene rings is 2. The van der Waals surface area contributed by atoms with Crippen LogP contribution in [0, 0.1) is 11.6 Å². The summed E-state index contributed by atoms with van der Waals surface area (Å²) < 4.78 is 109. The van der Waals surface area contributed by atoms with Gasteiger partial charge >= 0.3 is 21.7 Å². The Labute approximate surface area is 245 Å². The summed E-state index contributed by atoms with van der Waals surface area (Å²) in [5.74, 6) is -3.23. The lowest BCUT2D eigenvalue weighted by atomic mass is 9.92. The number of rotatable bonds is 8. The molecule has 0 saturated heterocycles. The first-order valence-electron chi connectivity index (χ1n) is 12.4. The largest absolute Gasteiger partial charge is 0.534 e. The summed E-state index contributed by atoms with van der Waals surface area (Å²) >= 11 is 0.926. The number of methoxy groups -OCH3 is 1. The first kappa shape index (κ1) is 30.4. The molecular weight excluding hydrogens is 623 g/mol. The number of ether oxygens (including phenoxy) is 2. The Morgan fingerprint density at radius 3 is 2.56 bits per heavy atom. The molecule has 0 unspecified atom stereocenters. The number of carbonyl (C=O) groups is 1. The van der Waals surface area contributed by atoms with Gasteiger partial charge in [0.15, 0.2) is 0 Å². The second-order valence-corrected chi connectivity index (χ2v) is 11.8. The van der Waals surface area contributed by atoms with Gasteiger partial charge < -0.3 is 23.7 Å². The Kier molecular flexibility index (Phi) is 8.20. The van der Waals surface area contributed by atoms with Crippen molar-refractivity contribution in [2.45, 2.75) is 18.5 Å². The van der Waals surface area contributed by atoms with Crippen LogP contribution < -0.4 is 8.92 Å². The van der Waals surface area contributed by atoms with Gasteiger partial charge in [0.1, 0.15) is 24.0 Å². The van der Waals surface area contributed by atoms with Crippen molar-refractivity contribution in [2.24, 2.45) is 0 Å². The zero-order chi connectivity index (χ0) is 31.1. The average molecular weight is 645 g/mol. The average Bonchev–Trinajstić information content (AvgIpc) is 3.42. The summed E-state index contributed by atoms with van der Waals surface area (Å²) in [5, 5.41) is 10.7. The van der Waals surface area contributed by atoms with Crippen LogP contribution in [0.2, 0.25) is 0 Å². The summed E-state index contributed by atoms with van der Waals surface area (Å²) in [7, 11) is -4.76. The maximum Gasteiger partial charge on any atom is 0.534 e. The van der Waals surface area contributed by atoms with Crippen molar-refractivity contribution in [1.82, 2.24) is 9.88 Å². The highest BCUT2D eigenvalue weighted by Crippen LogP contribution is 2.48. The number of amides is 1. The maximum absolute atomic E-state index is 15.7. The molecule has 43 heavy (non-hydrogen) atoms. The lowest BCUT2D eigenvalue weighted by molar-refractivity contribution is -0.0500. The lowest BCUT2D eigenvalue weighted by Gasteiger charge is -2.27. The van der Waals surface area contributed by atoms with Crippen molar-refractivity contribution in [2.75, 3.05) is 26.9 Å². The smallest absolute Gasteiger partial charge is 0.490 e. The van der Waals surface area contributed by atoms with Gasteiger partial charge in [-0.2, -0.15) is 21.6 Å². The van der Waals surface area contributed by atoms with Crippen molar-refractivity contribution >= 4 is 37.6 Å². The van der Waals surface area contributed by atoms with E-state index in [0.717, 1.165) is 27.9 Å². The van der Waals surface area contributed by atoms with Gasteiger partial charge in [-0.25, -0.2) is 18.6 Å². The summed E-state index contributed by atoms with van der Waals surface area (Å²) in [6.07, 6.45) is -0.775. The third-order valence-electron chi connectivity index (χ3n) is 6.62. The number of hydrogen-bond acceptors (Lipinski definition) is 8. The summed E-state index contributed by atoms with van der Waals surface area (Å²) in [6, 6.07) is 7.51. The van der Waals surface area contributed by atoms with E-state index in [-0.39, 0.29) is 64.5 Å². The normalized spacial score (nSPS) is 13.7. The Bertz CT molecular complexity index is 1830. The van der Waals surface area contributed by atoms with Crippen molar-refractivity contribution in [3.8, 4) is 34.0 Å². The van der Waals surface area contributed by atoms with E-state index in [4.69, 9.17) is 9.47 Å². The van der Waals surface area contributed by atoms with E-state index in [1.165, 1.54) is 30.7 Å². The minimum absolute atomic E-state index is 0.0167. The molecule has 0 radical (unpaired) electrons. The van der Waals surface area contributed by atoms with Crippen LogP contribution in [-0.2, 0) is 27.8 Å². The molecule has 3 heterocycles. The van der Waals surface area contributed by atoms with Crippen LogP contribution in [-0.4, -0.2) is 61.9 Å². The SMILES string of the molecule is COCCOc1cc(F)cc(F)c1-c1c(-c2ccc3c(c2)CN(C(=O)O)CC3)nc(OS(=O)(=O)C(F)(F)F)c2ccsc12. The van der Waals surface area contributed by atoms with Crippen molar-refractivity contribution in [3.05, 3.63) is 64.5 Å². The maximum atomic E-state index is 15.7. The molecule has 2 aromatic heterocycles. The van der Waals surface area contributed by atoms with Gasteiger partial charge in [0.2, 0.25) is 5.88 Å². The molecule has 9 nitrogen and oxygen atoms in total. The Morgan fingerprint density at radius 1 is 1.09 bits per heavy atom. The third kappa shape index (κ3) is 5.94. The fraction of sp³-hybridized carbons (Fsp3) is 0.259. The van der Waals surface area contributed by atoms with Crippen LogP contribution >= 0.6 is 11.3 Å². The number of aromatic nitrogens is 1. The first-order valence-corrected chi connectivity index (χ1v) is 14.7. The number of carboxylic acid groups (broad SMARTS) is 1. The fourth-order valence-corrected chi connectivity index (χ4v) is 6.03. The molecule has 2 aromatic carbocycles. The fourth-order valence-electron chi connectivity index (χ4n) is 4.66. The van der Waals surface area contributed by atoms with Gasteiger partial charge in [0.05, 0.1) is 23.3 Å². The summed E-state index contributed by atoms with van der Waals surface area (Å²) in [5.41, 5.74) is -4.77. The van der Waals surface area contributed by atoms with E-state index < -0.39 is 39.2 Å². The number of nitrogens with zero attached hydrogens (tertiary/aromatic N) is 2. The van der Waals surface area contributed by atoms with Gasteiger partial charge in [-0.3, -0.25) is 0 Å². The summed E-state index contributed by atoms with van der Waals surface area (Å²) in [6.45, 7) is 0.168. The Morgan fingerprint density at radius 2 is 1.86 bits per heavy atom. The number of alkyl halides is 3. The lowest BCUT2D eigenvalue weighted by Crippen LogP contribution is -2.34. The van der Waals surface area contributed by atoms with Crippen LogP contribution in [0.25, 0.3) is 32.5 Å². The van der Waals surface area contributed by atoms with Gasteiger partial charge in [-0.15, -0.1) is 11.3 Å². The van der Waals surface area contributed by atoms with E-state index >= 15 is 4.39 Å². The van der Waals surface area contributed by atoms with Gasteiger partial charge in [0.25, 0.3) is 0 Å². The highest BCUT2D eigenvalue weighted by molar-refractivity contribution is 7.88. The van der Waals surface area contributed by atoms with E-state index in [2.05, 4.69) is 9.17 Å². The van der Waals surface area contributed by atoms with Crippen LogP contribution in [0.1, 0.15) is 11.1 Å². The van der Waals surface area contributed by atoms with Gasteiger partial charge in [-0.1, -0.05) is 12.1 Å². The number of hydrogen-bond donors (Lipinski definition) is 1. The molecule has 228 valence electrons. The van der Waals surface area contributed by atoms with Crippen molar-refractivity contribution in [1.29, 1.82) is 0 Å². The van der Waals surface area contributed by atoms with Crippen LogP contribution in [0.4, 0.5) is 26.7 Å². The monoisotopic (exact) mass is 644 g/mol. The van der Waals surface area contributed by atoms with E-state index in [0.29, 0.717) is 18.1 Å². The third-order valence-corrected chi connectivity index (χ3v) is 8.50. The molecule has 1 amide bonds. The molecule has 5 rings (SSSR count). The minimum Gasteiger partial charge on any atom is -0.490 e. The first-order chi connectivity index (χ1) is 20.3. The molecule has 16 heteroatoms. The van der Waals surface area contributed by atoms with E-state index in [9.17, 15) is 35.9 Å². The molecule has 1 N–H and O–H groups in total. The number of fused-ring (bicyclic) bond motifs is 2. The second kappa shape index (κ2) is 11.6. The van der Waals surface area contributed by atoms with Gasteiger partial charge in [-0.05, 0) is 35.1 Å². The summed E-state index contributed by atoms with van der Waals surface area (Å²) in [4.78, 5) is 16.9. The zero-order valence-electron chi connectivity index (χ0n) is 22.1. The quantitative estimate of drug-likeness (QED) is 0.104. The number of thiophene rings is 1. The van der Waals surface area contributed by atoms with E-state index in [1.54, 1.807) is 6.07 Å². The predicted octanol–water partition coefficient (Wildman–Crippen LogP) is 6.20. The Balaban J connectivity index is 1.80. The van der Waals surface area contributed by atoms with E-state index in [1.807, 2.05) is 0 Å². The van der Waals surface area contributed by atoms with Crippen LogP contribution in [0.15, 0.2) is 41.8 Å². The standard InChI is InChI=1S/C27H21F5N2O7S2/c1-39-7-8-40-20-12-17(28)11-19(29)21(20)22-23(15-3-2-14-4-6-34(26(35)36)13-16(14)10-15)33-25(18-5-9-42-24(18)22)41-43(37,38)27(30,31)32/h2-3,5,9-12H,4,6-8,13H2,1H3,(H,35,36). The molecule has 0 bridgehead atoms. The van der Waals surface area contributed by atoms with Crippen LogP contribution in [0.5, 0.6) is 11.6 Å². The highest BCUT2D eigenvalue weighted by atomic mass is 32.2. The minimum atomic E-state index is -6.16. The molecule has 1 aliphatic heterocycles. The van der Waals surface area contributed by atoms with Gasteiger partial charge in [0, 0.05) is 48.2 Å². The van der Waals surface area contributed by atoms with Crippen molar-refractivity contribution < 1.29 is 53.9 Å². The predicted molar refractivity (Wildman–Crippen MR) is 146 cm³/mol. The molecule has 0 saturated carbocycles. The van der Waals surface area contributed by atoms with Crippen LogP contribution in [0.3, 0.4) is 0 Å². The molecule has 0 aliphatic carbocycles. The molecule has 1 aliphatic rings. The second-order valence-electron chi connectivity index (χ2n) is 9.33. The number of pyridine rings is 1. The Hall–Kier alpha value is -4.02. The molecule has 0 atom stereocenters. The molecular formula is C27H21F5N2O7S2. The topological polar surface area (TPSA) is 115 Å². The highest BCUT2D eigenvalue weighted by Gasteiger charge is 2.49. The van der Waals surface area contributed by atoms with Crippen molar-refractivity contribution in [3.63, 3.8) is 0 Å². The zero-order valence-corrected chi connectivity index (χ0v) is 23.7. The molecule has 0 spiro atoms. The molecule has 0 fully saturated rings. The molecule has 4 aromatic rings. The number of halogens is 5.